The Bertz CT molecular complexity index is 719. The second kappa shape index (κ2) is 5.67. The smallest absolute Gasteiger partial charge is 0.132 e. The summed E-state index contributed by atoms with van der Waals surface area (Å²) in [5.74, 6) is 0.616. The molecule has 2 nitrogen and oxygen atoms in total. The van der Waals surface area contributed by atoms with Crippen LogP contribution < -0.4 is 10.5 Å². The van der Waals surface area contributed by atoms with E-state index < -0.39 is 5.82 Å². The monoisotopic (exact) mass is 279 g/mol. The van der Waals surface area contributed by atoms with Crippen molar-refractivity contribution in [1.29, 1.82) is 0 Å². The standard InChI is InChI=1S/C18H14FNO/c19-15-10-16(20)12-18(11-15)21-17-8-6-14(7-9-17)13-4-2-1-3-5-13/h1-12H,20H2. The Kier molecular flexibility index (Phi) is 3.56. The van der Waals surface area contributed by atoms with E-state index in [1.807, 2.05) is 54.6 Å². The molecule has 0 aliphatic carbocycles. The molecule has 3 heteroatoms. The number of nitrogens with two attached hydrogens (primary N) is 1. The van der Waals surface area contributed by atoms with E-state index in [2.05, 4.69) is 0 Å². The minimum Gasteiger partial charge on any atom is -0.457 e. The van der Waals surface area contributed by atoms with Gasteiger partial charge in [0.15, 0.2) is 0 Å². The third-order valence-corrected chi connectivity index (χ3v) is 3.09. The van der Waals surface area contributed by atoms with E-state index in [4.69, 9.17) is 10.5 Å². The van der Waals surface area contributed by atoms with Crippen LogP contribution in [0.5, 0.6) is 11.5 Å². The highest BCUT2D eigenvalue weighted by Crippen LogP contribution is 2.27. The van der Waals surface area contributed by atoms with Crippen molar-refractivity contribution in [3.63, 3.8) is 0 Å². The fourth-order valence-corrected chi connectivity index (χ4v) is 2.13. The van der Waals surface area contributed by atoms with Crippen molar-refractivity contribution in [1.82, 2.24) is 0 Å². The van der Waals surface area contributed by atoms with E-state index in [0.717, 1.165) is 11.1 Å². The normalized spacial score (nSPS) is 10.3. The summed E-state index contributed by atoms with van der Waals surface area (Å²) in [6, 6.07) is 21.8. The van der Waals surface area contributed by atoms with Crippen LogP contribution in [0.15, 0.2) is 72.8 Å². The highest BCUT2D eigenvalue weighted by atomic mass is 19.1. The van der Waals surface area contributed by atoms with Gasteiger partial charge in [0.25, 0.3) is 0 Å². The van der Waals surface area contributed by atoms with Crippen LogP contribution in [-0.2, 0) is 0 Å². The molecule has 0 aromatic heterocycles. The van der Waals surface area contributed by atoms with Gasteiger partial charge in [0.2, 0.25) is 0 Å². The van der Waals surface area contributed by atoms with Crippen LogP contribution in [0.4, 0.5) is 10.1 Å². The fourth-order valence-electron chi connectivity index (χ4n) is 2.13. The van der Waals surface area contributed by atoms with Gasteiger partial charge >= 0.3 is 0 Å². The molecule has 3 aromatic rings. The molecule has 2 N–H and O–H groups in total. The SMILES string of the molecule is Nc1cc(F)cc(Oc2ccc(-c3ccccc3)cc2)c1. The molecule has 0 radical (unpaired) electrons. The van der Waals surface area contributed by atoms with Crippen molar-refractivity contribution >= 4 is 5.69 Å². The van der Waals surface area contributed by atoms with Gasteiger partial charge in [-0.25, -0.2) is 4.39 Å². The van der Waals surface area contributed by atoms with Crippen LogP contribution in [0.3, 0.4) is 0 Å². The molecule has 0 fully saturated rings. The van der Waals surface area contributed by atoms with Crippen molar-refractivity contribution in [2.45, 2.75) is 0 Å². The van der Waals surface area contributed by atoms with Gasteiger partial charge in [-0.05, 0) is 29.3 Å². The number of halogens is 1. The van der Waals surface area contributed by atoms with Gasteiger partial charge in [0, 0.05) is 17.8 Å². The predicted molar refractivity (Wildman–Crippen MR) is 82.8 cm³/mol. The number of ether oxygens (including phenoxy) is 1. The Balaban J connectivity index is 1.81. The minimum absolute atomic E-state index is 0.339. The van der Waals surface area contributed by atoms with Gasteiger partial charge in [0.1, 0.15) is 17.3 Å². The molecule has 0 amide bonds. The van der Waals surface area contributed by atoms with Gasteiger partial charge in [-0.2, -0.15) is 0 Å². The van der Waals surface area contributed by atoms with Gasteiger partial charge in [-0.3, -0.25) is 0 Å². The first kappa shape index (κ1) is 13.2. The molecular formula is C18H14FNO. The van der Waals surface area contributed by atoms with Crippen LogP contribution >= 0.6 is 0 Å². The summed E-state index contributed by atoms with van der Waals surface area (Å²) >= 11 is 0. The van der Waals surface area contributed by atoms with E-state index in [0.29, 0.717) is 17.2 Å². The van der Waals surface area contributed by atoms with E-state index in [1.54, 1.807) is 6.07 Å². The second-order valence-corrected chi connectivity index (χ2v) is 4.71. The van der Waals surface area contributed by atoms with E-state index in [-0.39, 0.29) is 0 Å². The highest BCUT2D eigenvalue weighted by molar-refractivity contribution is 5.64. The Hall–Kier alpha value is -2.81. The lowest BCUT2D eigenvalue weighted by Gasteiger charge is -2.08. The Labute approximate surface area is 122 Å². The molecular weight excluding hydrogens is 265 g/mol. The largest absolute Gasteiger partial charge is 0.457 e. The van der Waals surface area contributed by atoms with Crippen molar-refractivity contribution < 1.29 is 9.13 Å². The van der Waals surface area contributed by atoms with Gasteiger partial charge in [-0.15, -0.1) is 0 Å². The zero-order valence-electron chi connectivity index (χ0n) is 11.3. The Morgan fingerprint density at radius 2 is 1.38 bits per heavy atom. The number of hydrogen-bond acceptors (Lipinski definition) is 2. The molecule has 0 unspecified atom stereocenters. The number of nitrogen functional groups attached to an aromatic ring is 1. The van der Waals surface area contributed by atoms with Gasteiger partial charge < -0.3 is 10.5 Å². The van der Waals surface area contributed by atoms with Crippen LogP contribution in [0, 0.1) is 5.82 Å². The number of benzene rings is 3. The average molecular weight is 279 g/mol. The maximum Gasteiger partial charge on any atom is 0.132 e. The summed E-state index contributed by atoms with van der Waals surface area (Å²) in [7, 11) is 0. The third-order valence-electron chi connectivity index (χ3n) is 3.09. The zero-order chi connectivity index (χ0) is 14.7. The molecule has 0 aliphatic rings. The van der Waals surface area contributed by atoms with Crippen LogP contribution in [0.1, 0.15) is 0 Å². The van der Waals surface area contributed by atoms with Crippen molar-refractivity contribution in [3.05, 3.63) is 78.6 Å². The quantitative estimate of drug-likeness (QED) is 0.694. The number of anilines is 1. The first-order valence-corrected chi connectivity index (χ1v) is 6.60. The third kappa shape index (κ3) is 3.20. The molecule has 0 saturated heterocycles. The average Bonchev–Trinajstić information content (AvgIpc) is 2.48. The molecule has 21 heavy (non-hydrogen) atoms. The molecule has 3 rings (SSSR count). The first-order chi connectivity index (χ1) is 10.2. The van der Waals surface area contributed by atoms with Crippen LogP contribution in [-0.4, -0.2) is 0 Å². The van der Waals surface area contributed by atoms with E-state index >= 15 is 0 Å². The molecule has 3 aromatic carbocycles. The highest BCUT2D eigenvalue weighted by Gasteiger charge is 2.02. The molecule has 0 aliphatic heterocycles. The lowest BCUT2D eigenvalue weighted by atomic mass is 10.1. The summed E-state index contributed by atoms with van der Waals surface area (Å²) in [6.07, 6.45) is 0. The Morgan fingerprint density at radius 3 is 2.05 bits per heavy atom. The zero-order valence-corrected chi connectivity index (χ0v) is 11.3. The maximum atomic E-state index is 13.3. The van der Waals surface area contributed by atoms with Crippen molar-refractivity contribution in [2.75, 3.05) is 5.73 Å². The second-order valence-electron chi connectivity index (χ2n) is 4.71. The summed E-state index contributed by atoms with van der Waals surface area (Å²) in [6.45, 7) is 0. The topological polar surface area (TPSA) is 35.2 Å². The maximum absolute atomic E-state index is 13.3. The fraction of sp³-hybridized carbons (Fsp3) is 0. The summed E-state index contributed by atoms with van der Waals surface area (Å²) in [5.41, 5.74) is 8.17. The Morgan fingerprint density at radius 1 is 0.714 bits per heavy atom. The minimum atomic E-state index is -0.411. The molecule has 0 heterocycles. The molecule has 0 atom stereocenters. The van der Waals surface area contributed by atoms with Crippen LogP contribution in [0.2, 0.25) is 0 Å². The summed E-state index contributed by atoms with van der Waals surface area (Å²) in [5, 5.41) is 0. The molecule has 0 saturated carbocycles. The van der Waals surface area contributed by atoms with E-state index in [1.165, 1.54) is 12.1 Å². The van der Waals surface area contributed by atoms with Crippen LogP contribution in [0.25, 0.3) is 11.1 Å². The summed E-state index contributed by atoms with van der Waals surface area (Å²) in [4.78, 5) is 0. The van der Waals surface area contributed by atoms with E-state index in [9.17, 15) is 4.39 Å². The summed E-state index contributed by atoms with van der Waals surface area (Å²) < 4.78 is 18.9. The number of rotatable bonds is 3. The number of hydrogen-bond donors (Lipinski definition) is 1. The van der Waals surface area contributed by atoms with Crippen molar-refractivity contribution in [2.24, 2.45) is 0 Å². The lowest BCUT2D eigenvalue weighted by molar-refractivity contribution is 0.477. The molecule has 104 valence electrons. The van der Waals surface area contributed by atoms with Gasteiger partial charge in [-0.1, -0.05) is 42.5 Å². The molecule has 0 bridgehead atoms. The predicted octanol–water partition coefficient (Wildman–Crippen LogP) is 4.87. The lowest BCUT2D eigenvalue weighted by Crippen LogP contribution is -1.90. The molecule has 0 spiro atoms. The van der Waals surface area contributed by atoms with Crippen molar-refractivity contribution in [3.8, 4) is 22.6 Å². The first-order valence-electron chi connectivity index (χ1n) is 6.60. The van der Waals surface area contributed by atoms with Gasteiger partial charge in [0.05, 0.1) is 0 Å².